The maximum atomic E-state index is 11.8. The van der Waals surface area contributed by atoms with Gasteiger partial charge in [-0.25, -0.2) is 4.79 Å². The van der Waals surface area contributed by atoms with Gasteiger partial charge in [-0.2, -0.15) is 0 Å². The second kappa shape index (κ2) is 8.94. The Bertz CT molecular complexity index is 795. The molecule has 0 saturated carbocycles. The molecule has 0 aliphatic carbocycles. The first-order chi connectivity index (χ1) is 11.8. The van der Waals surface area contributed by atoms with Crippen molar-refractivity contribution in [2.45, 2.75) is 6.92 Å². The minimum Gasteiger partial charge on any atom is -0.482 e. The minimum absolute atomic E-state index is 0.286. The van der Waals surface area contributed by atoms with Crippen LogP contribution in [0, 0.1) is 6.92 Å². The number of hydrogen-bond donors (Lipinski definition) is 1. The van der Waals surface area contributed by atoms with Crippen molar-refractivity contribution in [3.63, 3.8) is 0 Å². The summed E-state index contributed by atoms with van der Waals surface area (Å²) in [5.41, 5.74) is 1.20. The third-order valence-corrected chi connectivity index (χ3v) is 4.03. The highest BCUT2D eigenvalue weighted by molar-refractivity contribution is 6.36. The summed E-state index contributed by atoms with van der Waals surface area (Å²) in [6, 6.07) is 9.63. The van der Waals surface area contributed by atoms with Gasteiger partial charge in [0, 0.05) is 10.0 Å². The molecule has 2 rings (SSSR count). The Balaban J connectivity index is 1.77. The first-order valence-electron chi connectivity index (χ1n) is 7.14. The van der Waals surface area contributed by atoms with E-state index in [1.807, 2.05) is 6.92 Å². The Morgan fingerprint density at radius 2 is 1.76 bits per heavy atom. The average Bonchev–Trinajstić information content (AvgIpc) is 2.56. The molecule has 132 valence electrons. The minimum atomic E-state index is -0.676. The van der Waals surface area contributed by atoms with Crippen LogP contribution < -0.4 is 10.1 Å². The molecule has 0 unspecified atom stereocenters. The van der Waals surface area contributed by atoms with Gasteiger partial charge in [0.05, 0.1) is 10.7 Å². The number of anilines is 1. The molecule has 2 aromatic carbocycles. The Kier molecular flexibility index (Phi) is 6.93. The third kappa shape index (κ3) is 6.12. The Morgan fingerprint density at radius 1 is 1.00 bits per heavy atom. The number of aryl methyl sites for hydroxylation is 1. The number of nitrogens with one attached hydrogen (secondary N) is 1. The van der Waals surface area contributed by atoms with Gasteiger partial charge in [0.25, 0.3) is 5.91 Å². The molecule has 0 bridgehead atoms. The van der Waals surface area contributed by atoms with Crippen LogP contribution in [-0.4, -0.2) is 25.1 Å². The summed E-state index contributed by atoms with van der Waals surface area (Å²) in [7, 11) is 0. The maximum Gasteiger partial charge on any atom is 0.344 e. The molecule has 2 aromatic rings. The molecule has 0 heterocycles. The van der Waals surface area contributed by atoms with Gasteiger partial charge >= 0.3 is 5.97 Å². The van der Waals surface area contributed by atoms with Gasteiger partial charge < -0.3 is 14.8 Å². The Labute approximate surface area is 159 Å². The number of ether oxygens (including phenoxy) is 2. The molecule has 0 aliphatic rings. The summed E-state index contributed by atoms with van der Waals surface area (Å²) >= 11 is 17.6. The van der Waals surface area contributed by atoms with Crippen LogP contribution in [0.3, 0.4) is 0 Å². The largest absolute Gasteiger partial charge is 0.482 e. The summed E-state index contributed by atoms with van der Waals surface area (Å²) < 4.78 is 10.1. The first kappa shape index (κ1) is 19.4. The highest BCUT2D eigenvalue weighted by Crippen LogP contribution is 2.25. The van der Waals surface area contributed by atoms with Crippen LogP contribution in [-0.2, 0) is 14.3 Å². The Hall–Kier alpha value is -1.95. The van der Waals surface area contributed by atoms with Crippen molar-refractivity contribution in [1.82, 2.24) is 0 Å². The zero-order valence-electron chi connectivity index (χ0n) is 13.1. The van der Waals surface area contributed by atoms with Crippen molar-refractivity contribution in [1.29, 1.82) is 0 Å². The molecule has 8 heteroatoms. The van der Waals surface area contributed by atoms with E-state index in [0.717, 1.165) is 5.56 Å². The van der Waals surface area contributed by atoms with Gasteiger partial charge in [-0.15, -0.1) is 0 Å². The van der Waals surface area contributed by atoms with Crippen LogP contribution in [0.1, 0.15) is 5.56 Å². The van der Waals surface area contributed by atoms with Gasteiger partial charge in [0.15, 0.2) is 13.2 Å². The van der Waals surface area contributed by atoms with Crippen molar-refractivity contribution >= 4 is 52.4 Å². The van der Waals surface area contributed by atoms with E-state index in [0.29, 0.717) is 21.5 Å². The standard InChI is InChI=1S/C17H14Cl3NO4/c1-10-6-12(3-4-13(10)19)24-9-17(23)25-8-16(22)21-15-5-2-11(18)7-14(15)20/h2-7H,8-9H2,1H3,(H,21,22). The van der Waals surface area contributed by atoms with Crippen LogP contribution in [0.15, 0.2) is 36.4 Å². The molecule has 1 N–H and O–H groups in total. The number of amides is 1. The molecule has 0 atom stereocenters. The fraction of sp³-hybridized carbons (Fsp3) is 0.176. The van der Waals surface area contributed by atoms with Gasteiger partial charge in [-0.3, -0.25) is 4.79 Å². The summed E-state index contributed by atoms with van der Waals surface area (Å²) in [5, 5.41) is 3.86. The highest BCUT2D eigenvalue weighted by Gasteiger charge is 2.11. The molecule has 0 aromatic heterocycles. The average molecular weight is 403 g/mol. The second-order valence-electron chi connectivity index (χ2n) is 5.03. The third-order valence-electron chi connectivity index (χ3n) is 3.06. The summed E-state index contributed by atoms with van der Waals surface area (Å²) in [4.78, 5) is 23.4. The molecular formula is C17H14Cl3NO4. The summed E-state index contributed by atoms with van der Waals surface area (Å²) in [6.45, 7) is 1.04. The fourth-order valence-electron chi connectivity index (χ4n) is 1.81. The molecule has 1 amide bonds. The molecule has 0 fully saturated rings. The predicted octanol–water partition coefficient (Wildman–Crippen LogP) is 4.52. The number of esters is 1. The first-order valence-corrected chi connectivity index (χ1v) is 8.28. The lowest BCUT2D eigenvalue weighted by Gasteiger charge is -2.09. The molecule has 0 spiro atoms. The number of benzene rings is 2. The summed E-state index contributed by atoms with van der Waals surface area (Å²) in [6.07, 6.45) is 0. The van der Waals surface area contributed by atoms with Gasteiger partial charge in [-0.1, -0.05) is 34.8 Å². The number of hydrogen-bond acceptors (Lipinski definition) is 4. The van der Waals surface area contributed by atoms with Crippen molar-refractivity contribution in [2.75, 3.05) is 18.5 Å². The quantitative estimate of drug-likeness (QED) is 0.722. The molecule has 0 radical (unpaired) electrons. The molecular weight excluding hydrogens is 389 g/mol. The van der Waals surface area contributed by atoms with Crippen LogP contribution >= 0.6 is 34.8 Å². The van der Waals surface area contributed by atoms with Gasteiger partial charge in [0.1, 0.15) is 5.75 Å². The van der Waals surface area contributed by atoms with E-state index in [2.05, 4.69) is 5.32 Å². The Morgan fingerprint density at radius 3 is 2.44 bits per heavy atom. The predicted molar refractivity (Wildman–Crippen MR) is 97.7 cm³/mol. The lowest BCUT2D eigenvalue weighted by molar-refractivity contribution is -0.149. The van der Waals surface area contributed by atoms with E-state index >= 15 is 0 Å². The van der Waals surface area contributed by atoms with Crippen molar-refractivity contribution < 1.29 is 19.1 Å². The SMILES string of the molecule is Cc1cc(OCC(=O)OCC(=O)Nc2ccc(Cl)cc2Cl)ccc1Cl. The van der Waals surface area contributed by atoms with Gasteiger partial charge in [0.2, 0.25) is 0 Å². The molecule has 5 nitrogen and oxygen atoms in total. The van der Waals surface area contributed by atoms with E-state index in [-0.39, 0.29) is 11.6 Å². The zero-order chi connectivity index (χ0) is 18.4. The normalized spacial score (nSPS) is 10.2. The lowest BCUT2D eigenvalue weighted by atomic mass is 10.2. The number of rotatable bonds is 6. The maximum absolute atomic E-state index is 11.8. The topological polar surface area (TPSA) is 64.6 Å². The van der Waals surface area contributed by atoms with E-state index in [1.54, 1.807) is 30.3 Å². The van der Waals surface area contributed by atoms with Crippen molar-refractivity contribution in [3.8, 4) is 5.75 Å². The van der Waals surface area contributed by atoms with E-state index in [9.17, 15) is 9.59 Å². The number of carbonyl (C=O) groups excluding carboxylic acids is 2. The van der Waals surface area contributed by atoms with Crippen molar-refractivity contribution in [3.05, 3.63) is 57.0 Å². The fourth-order valence-corrected chi connectivity index (χ4v) is 2.39. The van der Waals surface area contributed by atoms with Crippen LogP contribution in [0.25, 0.3) is 0 Å². The molecule has 0 aliphatic heterocycles. The second-order valence-corrected chi connectivity index (χ2v) is 6.28. The van der Waals surface area contributed by atoms with E-state index < -0.39 is 18.5 Å². The number of carbonyl (C=O) groups is 2. The van der Waals surface area contributed by atoms with Crippen LogP contribution in [0.4, 0.5) is 5.69 Å². The van der Waals surface area contributed by atoms with E-state index in [4.69, 9.17) is 44.3 Å². The molecule has 25 heavy (non-hydrogen) atoms. The van der Waals surface area contributed by atoms with E-state index in [1.165, 1.54) is 6.07 Å². The zero-order valence-corrected chi connectivity index (χ0v) is 15.4. The monoisotopic (exact) mass is 401 g/mol. The van der Waals surface area contributed by atoms with Gasteiger partial charge in [-0.05, 0) is 48.9 Å². The summed E-state index contributed by atoms with van der Waals surface area (Å²) in [5.74, 6) is -0.721. The smallest absolute Gasteiger partial charge is 0.344 e. The number of halogens is 3. The van der Waals surface area contributed by atoms with Crippen molar-refractivity contribution in [2.24, 2.45) is 0 Å². The van der Waals surface area contributed by atoms with Crippen LogP contribution in [0.2, 0.25) is 15.1 Å². The highest BCUT2D eigenvalue weighted by atomic mass is 35.5. The van der Waals surface area contributed by atoms with Crippen LogP contribution in [0.5, 0.6) is 5.75 Å². The lowest BCUT2D eigenvalue weighted by Crippen LogP contribution is -2.23. The molecule has 0 saturated heterocycles.